The van der Waals surface area contributed by atoms with E-state index in [-0.39, 0.29) is 29.3 Å². The topological polar surface area (TPSA) is 79.7 Å². The van der Waals surface area contributed by atoms with Crippen LogP contribution in [0.15, 0.2) is 77.8 Å². The van der Waals surface area contributed by atoms with Gasteiger partial charge in [0.15, 0.2) is 0 Å². The van der Waals surface area contributed by atoms with Crippen molar-refractivity contribution in [2.45, 2.75) is 18.0 Å². The average molecular weight is 517 g/mol. The van der Waals surface area contributed by atoms with Crippen molar-refractivity contribution < 1.29 is 31.4 Å². The van der Waals surface area contributed by atoms with Crippen molar-refractivity contribution in [1.29, 1.82) is 0 Å². The van der Waals surface area contributed by atoms with Crippen molar-refractivity contribution in [3.63, 3.8) is 0 Å². The van der Waals surface area contributed by atoms with Crippen LogP contribution >= 0.6 is 0 Å². The molecule has 1 aromatic heterocycles. The summed E-state index contributed by atoms with van der Waals surface area (Å²) in [6, 6.07) is 16.7. The van der Waals surface area contributed by atoms with Crippen LogP contribution in [0.2, 0.25) is 0 Å². The number of hydrogen-bond acceptors (Lipinski definition) is 5. The number of sulfonamides is 1. The molecule has 0 fully saturated rings. The lowest BCUT2D eigenvalue weighted by molar-refractivity contribution is -0.136. The molecule has 0 atom stereocenters. The SMILES string of the molecule is Cc1cnc2c(C(F)(F)F)cccc2c1-c1cccc(Oc2cccc(S(=O)(=O)N(C)CCO)c2)c1. The van der Waals surface area contributed by atoms with Gasteiger partial charge in [-0.15, -0.1) is 0 Å². The maximum Gasteiger partial charge on any atom is 0.418 e. The van der Waals surface area contributed by atoms with Crippen LogP contribution in [0.4, 0.5) is 13.2 Å². The van der Waals surface area contributed by atoms with Crippen molar-refractivity contribution >= 4 is 20.9 Å². The fraction of sp³-hybridized carbons (Fsp3) is 0.192. The van der Waals surface area contributed by atoms with Crippen LogP contribution in [0.3, 0.4) is 0 Å². The summed E-state index contributed by atoms with van der Waals surface area (Å²) in [4.78, 5) is 4.06. The molecule has 10 heteroatoms. The van der Waals surface area contributed by atoms with E-state index in [9.17, 15) is 21.6 Å². The van der Waals surface area contributed by atoms with E-state index in [0.29, 0.717) is 27.8 Å². The van der Waals surface area contributed by atoms with Gasteiger partial charge in [0.1, 0.15) is 11.5 Å². The lowest BCUT2D eigenvalue weighted by atomic mass is 9.95. The summed E-state index contributed by atoms with van der Waals surface area (Å²) in [6.07, 6.45) is -3.13. The van der Waals surface area contributed by atoms with Crippen molar-refractivity contribution in [3.8, 4) is 22.6 Å². The lowest BCUT2D eigenvalue weighted by Gasteiger charge is -2.17. The Labute approximate surface area is 206 Å². The second-order valence-electron chi connectivity index (χ2n) is 8.17. The molecule has 0 radical (unpaired) electrons. The van der Waals surface area contributed by atoms with E-state index in [1.165, 1.54) is 37.5 Å². The molecule has 1 heterocycles. The van der Waals surface area contributed by atoms with Crippen LogP contribution in [-0.4, -0.2) is 43.0 Å². The Hall–Kier alpha value is -3.47. The maximum atomic E-state index is 13.6. The predicted octanol–water partition coefficient (Wildman–Crippen LogP) is 5.63. The molecule has 36 heavy (non-hydrogen) atoms. The molecule has 1 N–H and O–H groups in total. The predicted molar refractivity (Wildman–Crippen MR) is 130 cm³/mol. The van der Waals surface area contributed by atoms with E-state index in [1.807, 2.05) is 0 Å². The van der Waals surface area contributed by atoms with E-state index in [1.54, 1.807) is 43.3 Å². The summed E-state index contributed by atoms with van der Waals surface area (Å²) in [5.74, 6) is 0.642. The highest BCUT2D eigenvalue weighted by atomic mass is 32.2. The van der Waals surface area contributed by atoms with Gasteiger partial charge in [-0.3, -0.25) is 4.98 Å². The molecule has 4 rings (SSSR count). The molecule has 0 aliphatic rings. The van der Waals surface area contributed by atoms with Crippen molar-refractivity contribution in [1.82, 2.24) is 9.29 Å². The first kappa shape index (κ1) is 25.6. The normalized spacial score (nSPS) is 12.3. The molecule has 3 aromatic carbocycles. The second-order valence-corrected chi connectivity index (χ2v) is 10.2. The molecule has 0 saturated heterocycles. The number of pyridine rings is 1. The van der Waals surface area contributed by atoms with Crippen LogP contribution in [0.1, 0.15) is 11.1 Å². The summed E-state index contributed by atoms with van der Waals surface area (Å²) in [7, 11) is -2.45. The van der Waals surface area contributed by atoms with E-state index < -0.39 is 21.8 Å². The van der Waals surface area contributed by atoms with E-state index in [4.69, 9.17) is 9.84 Å². The molecule has 0 aliphatic heterocycles. The summed E-state index contributed by atoms with van der Waals surface area (Å²) < 4.78 is 73.0. The van der Waals surface area contributed by atoms with Gasteiger partial charge in [-0.1, -0.05) is 30.3 Å². The van der Waals surface area contributed by atoms with Gasteiger partial charge in [-0.25, -0.2) is 8.42 Å². The Bertz CT molecular complexity index is 1520. The molecule has 0 bridgehead atoms. The molecule has 0 amide bonds. The Morgan fingerprint density at radius 3 is 2.36 bits per heavy atom. The second kappa shape index (κ2) is 9.88. The summed E-state index contributed by atoms with van der Waals surface area (Å²) in [5.41, 5.74) is 0.973. The maximum absolute atomic E-state index is 13.6. The minimum Gasteiger partial charge on any atom is -0.457 e. The Morgan fingerprint density at radius 1 is 1.00 bits per heavy atom. The summed E-state index contributed by atoms with van der Waals surface area (Å²) in [6.45, 7) is 1.41. The molecular formula is C26H23F3N2O4S. The minimum absolute atomic E-state index is 0.00255. The monoisotopic (exact) mass is 516 g/mol. The van der Waals surface area contributed by atoms with Crippen LogP contribution in [0, 0.1) is 6.92 Å². The number of likely N-dealkylation sites (N-methyl/N-ethyl adjacent to an activating group) is 1. The number of para-hydroxylation sites is 1. The largest absolute Gasteiger partial charge is 0.457 e. The van der Waals surface area contributed by atoms with E-state index in [0.717, 1.165) is 10.4 Å². The Morgan fingerprint density at radius 2 is 1.67 bits per heavy atom. The fourth-order valence-corrected chi connectivity index (χ4v) is 5.12. The first-order valence-corrected chi connectivity index (χ1v) is 12.4. The van der Waals surface area contributed by atoms with Gasteiger partial charge < -0.3 is 9.84 Å². The third kappa shape index (κ3) is 5.06. The number of aromatic nitrogens is 1. The molecule has 0 saturated carbocycles. The number of nitrogens with zero attached hydrogens (tertiary/aromatic N) is 2. The number of aliphatic hydroxyl groups is 1. The number of benzene rings is 3. The molecule has 0 aliphatic carbocycles. The van der Waals surface area contributed by atoms with Gasteiger partial charge in [0.2, 0.25) is 10.0 Å². The van der Waals surface area contributed by atoms with Crippen LogP contribution in [0.25, 0.3) is 22.0 Å². The van der Waals surface area contributed by atoms with Crippen LogP contribution < -0.4 is 4.74 Å². The average Bonchev–Trinajstić information content (AvgIpc) is 2.83. The first-order chi connectivity index (χ1) is 17.0. The molecular weight excluding hydrogens is 493 g/mol. The number of aryl methyl sites for hydroxylation is 1. The fourth-order valence-electron chi connectivity index (χ4n) is 3.92. The number of aliphatic hydroxyl groups excluding tert-OH is 1. The standard InChI is InChI=1S/C26H23F3N2O4S/c1-17-16-30-25-22(10-5-11-23(25)26(27,28)29)24(17)18-6-3-7-19(14-18)35-20-8-4-9-21(15-20)36(33,34)31(2)12-13-32/h3-11,14-16,32H,12-13H2,1-2H3. The zero-order valence-corrected chi connectivity index (χ0v) is 20.3. The van der Waals surface area contributed by atoms with Gasteiger partial charge in [0, 0.05) is 31.2 Å². The third-order valence-electron chi connectivity index (χ3n) is 5.68. The number of fused-ring (bicyclic) bond motifs is 1. The Kier molecular flexibility index (Phi) is 7.03. The Balaban J connectivity index is 1.73. The van der Waals surface area contributed by atoms with Gasteiger partial charge in [0.05, 0.1) is 22.6 Å². The smallest absolute Gasteiger partial charge is 0.418 e. The van der Waals surface area contributed by atoms with Crippen LogP contribution in [-0.2, 0) is 16.2 Å². The molecule has 6 nitrogen and oxygen atoms in total. The van der Waals surface area contributed by atoms with Crippen molar-refractivity contribution in [3.05, 3.63) is 84.1 Å². The number of hydrogen-bond donors (Lipinski definition) is 1. The highest BCUT2D eigenvalue weighted by Gasteiger charge is 2.33. The first-order valence-electron chi connectivity index (χ1n) is 10.9. The van der Waals surface area contributed by atoms with Gasteiger partial charge in [0.25, 0.3) is 0 Å². The quantitative estimate of drug-likeness (QED) is 0.344. The van der Waals surface area contributed by atoms with E-state index in [2.05, 4.69) is 4.98 Å². The molecule has 0 spiro atoms. The zero-order chi connectivity index (χ0) is 26.1. The lowest BCUT2D eigenvalue weighted by Crippen LogP contribution is -2.29. The highest BCUT2D eigenvalue weighted by Crippen LogP contribution is 2.39. The summed E-state index contributed by atoms with van der Waals surface area (Å²) >= 11 is 0. The molecule has 188 valence electrons. The van der Waals surface area contributed by atoms with Gasteiger partial charge >= 0.3 is 6.18 Å². The summed E-state index contributed by atoms with van der Waals surface area (Å²) in [5, 5.41) is 9.43. The minimum atomic E-state index is -4.54. The highest BCUT2D eigenvalue weighted by molar-refractivity contribution is 7.89. The van der Waals surface area contributed by atoms with E-state index >= 15 is 0 Å². The van der Waals surface area contributed by atoms with Crippen molar-refractivity contribution in [2.24, 2.45) is 0 Å². The number of rotatable bonds is 7. The molecule has 4 aromatic rings. The molecule has 0 unspecified atom stereocenters. The number of alkyl halides is 3. The van der Waals surface area contributed by atoms with Crippen LogP contribution in [0.5, 0.6) is 11.5 Å². The number of ether oxygens (including phenoxy) is 1. The number of halogens is 3. The van der Waals surface area contributed by atoms with Crippen molar-refractivity contribution in [2.75, 3.05) is 20.2 Å². The third-order valence-corrected chi connectivity index (χ3v) is 7.53. The zero-order valence-electron chi connectivity index (χ0n) is 19.5. The van der Waals surface area contributed by atoms with Gasteiger partial charge in [-0.2, -0.15) is 17.5 Å². The van der Waals surface area contributed by atoms with Gasteiger partial charge in [-0.05, 0) is 53.9 Å².